The van der Waals surface area contributed by atoms with Crippen molar-refractivity contribution >= 4 is 29.3 Å². The molecule has 1 aromatic carbocycles. The lowest BCUT2D eigenvalue weighted by molar-refractivity contribution is -0.118. The van der Waals surface area contributed by atoms with Crippen LogP contribution in [0.2, 0.25) is 5.02 Å². The lowest BCUT2D eigenvalue weighted by Gasteiger charge is -2.06. The first-order valence-corrected chi connectivity index (χ1v) is 7.15. The number of carbonyl (C=O) groups excluding carboxylic acids is 1. The van der Waals surface area contributed by atoms with Crippen LogP contribution in [0.25, 0.3) is 0 Å². The zero-order valence-electron chi connectivity index (χ0n) is 10.2. The third-order valence-electron chi connectivity index (χ3n) is 2.43. The van der Waals surface area contributed by atoms with Gasteiger partial charge in [-0.2, -0.15) is 0 Å². The molecule has 19 heavy (non-hydrogen) atoms. The summed E-state index contributed by atoms with van der Waals surface area (Å²) >= 11 is 7.46. The fraction of sp³-hybridized carbons (Fsp3) is 0.143. The van der Waals surface area contributed by atoms with E-state index in [1.54, 1.807) is 12.4 Å². The zero-order valence-corrected chi connectivity index (χ0v) is 11.7. The summed E-state index contributed by atoms with van der Waals surface area (Å²) in [6.07, 6.45) is 3.42. The van der Waals surface area contributed by atoms with Gasteiger partial charge in [0.25, 0.3) is 0 Å². The molecule has 0 radical (unpaired) electrons. The van der Waals surface area contributed by atoms with Gasteiger partial charge < -0.3 is 5.32 Å². The lowest BCUT2D eigenvalue weighted by atomic mass is 10.3. The van der Waals surface area contributed by atoms with Gasteiger partial charge >= 0.3 is 0 Å². The predicted octanol–water partition coefficient (Wildman–Crippen LogP) is 3.14. The van der Waals surface area contributed by atoms with Gasteiger partial charge in [0.2, 0.25) is 5.91 Å². The lowest BCUT2D eigenvalue weighted by Crippen LogP contribution is -2.24. The average Bonchev–Trinajstić information content (AvgIpc) is 2.45. The fourth-order valence-electron chi connectivity index (χ4n) is 1.46. The Morgan fingerprint density at radius 2 is 1.95 bits per heavy atom. The molecule has 1 aromatic heterocycles. The van der Waals surface area contributed by atoms with Crippen LogP contribution in [0.4, 0.5) is 0 Å². The SMILES string of the molecule is O=C(CSc1ccccc1Cl)NCc1ccncc1. The maximum Gasteiger partial charge on any atom is 0.230 e. The van der Waals surface area contributed by atoms with E-state index in [-0.39, 0.29) is 5.91 Å². The largest absolute Gasteiger partial charge is 0.351 e. The molecule has 0 aliphatic rings. The molecule has 0 saturated heterocycles. The molecule has 0 spiro atoms. The topological polar surface area (TPSA) is 42.0 Å². The highest BCUT2D eigenvalue weighted by atomic mass is 35.5. The number of benzene rings is 1. The number of nitrogens with one attached hydrogen (secondary N) is 1. The molecular weight excluding hydrogens is 280 g/mol. The van der Waals surface area contributed by atoms with Crippen LogP contribution in [0.3, 0.4) is 0 Å². The van der Waals surface area contributed by atoms with Crippen molar-refractivity contribution in [3.63, 3.8) is 0 Å². The summed E-state index contributed by atoms with van der Waals surface area (Å²) in [6.45, 7) is 0.518. The number of hydrogen-bond acceptors (Lipinski definition) is 3. The number of rotatable bonds is 5. The number of thioether (sulfide) groups is 1. The maximum absolute atomic E-state index is 11.7. The van der Waals surface area contributed by atoms with E-state index < -0.39 is 0 Å². The molecule has 0 fully saturated rings. The normalized spacial score (nSPS) is 10.2. The van der Waals surface area contributed by atoms with Gasteiger partial charge in [-0.3, -0.25) is 9.78 Å². The van der Waals surface area contributed by atoms with Gasteiger partial charge in [-0.15, -0.1) is 11.8 Å². The van der Waals surface area contributed by atoms with Crippen LogP contribution in [-0.2, 0) is 11.3 Å². The molecule has 1 heterocycles. The van der Waals surface area contributed by atoms with Crippen LogP contribution >= 0.6 is 23.4 Å². The van der Waals surface area contributed by atoms with Crippen molar-refractivity contribution in [3.8, 4) is 0 Å². The number of nitrogens with zero attached hydrogens (tertiary/aromatic N) is 1. The first-order valence-electron chi connectivity index (χ1n) is 5.78. The molecule has 1 N–H and O–H groups in total. The summed E-state index contributed by atoms with van der Waals surface area (Å²) in [7, 11) is 0. The van der Waals surface area contributed by atoms with E-state index in [0.29, 0.717) is 17.3 Å². The summed E-state index contributed by atoms with van der Waals surface area (Å²) < 4.78 is 0. The maximum atomic E-state index is 11.7. The van der Waals surface area contributed by atoms with E-state index in [1.807, 2.05) is 36.4 Å². The molecule has 1 amide bonds. The number of carbonyl (C=O) groups is 1. The van der Waals surface area contributed by atoms with Crippen LogP contribution in [0.15, 0.2) is 53.7 Å². The van der Waals surface area contributed by atoms with Crippen molar-refractivity contribution in [2.24, 2.45) is 0 Å². The Kier molecular flexibility index (Phi) is 5.24. The van der Waals surface area contributed by atoms with Gasteiger partial charge in [-0.25, -0.2) is 0 Å². The Hall–Kier alpha value is -1.52. The Morgan fingerprint density at radius 1 is 1.21 bits per heavy atom. The summed E-state index contributed by atoms with van der Waals surface area (Å²) in [6, 6.07) is 11.3. The summed E-state index contributed by atoms with van der Waals surface area (Å²) in [5.41, 5.74) is 1.03. The van der Waals surface area contributed by atoms with E-state index in [2.05, 4.69) is 10.3 Å². The van der Waals surface area contributed by atoms with Gasteiger partial charge in [0.1, 0.15) is 0 Å². The van der Waals surface area contributed by atoms with Crippen molar-refractivity contribution < 1.29 is 4.79 Å². The van der Waals surface area contributed by atoms with Gasteiger partial charge in [-0.1, -0.05) is 23.7 Å². The smallest absolute Gasteiger partial charge is 0.230 e. The Morgan fingerprint density at radius 3 is 2.68 bits per heavy atom. The molecule has 0 saturated carbocycles. The van der Waals surface area contributed by atoms with E-state index in [1.165, 1.54) is 11.8 Å². The molecule has 5 heteroatoms. The molecule has 2 rings (SSSR count). The quantitative estimate of drug-likeness (QED) is 0.861. The minimum absolute atomic E-state index is 0.0123. The van der Waals surface area contributed by atoms with Crippen molar-refractivity contribution in [1.82, 2.24) is 10.3 Å². The van der Waals surface area contributed by atoms with Crippen LogP contribution in [0.1, 0.15) is 5.56 Å². The fourth-order valence-corrected chi connectivity index (χ4v) is 2.53. The van der Waals surface area contributed by atoms with E-state index >= 15 is 0 Å². The highest BCUT2D eigenvalue weighted by molar-refractivity contribution is 8.00. The van der Waals surface area contributed by atoms with Crippen LogP contribution < -0.4 is 5.32 Å². The molecular formula is C14H13ClN2OS. The molecule has 0 unspecified atom stereocenters. The van der Waals surface area contributed by atoms with Crippen molar-refractivity contribution in [2.45, 2.75) is 11.4 Å². The Labute approximate surface area is 121 Å². The highest BCUT2D eigenvalue weighted by Crippen LogP contribution is 2.26. The number of amides is 1. The predicted molar refractivity (Wildman–Crippen MR) is 78.3 cm³/mol. The second-order valence-corrected chi connectivity index (χ2v) is 5.28. The third kappa shape index (κ3) is 4.58. The summed E-state index contributed by atoms with van der Waals surface area (Å²) in [5, 5.41) is 3.53. The Balaban J connectivity index is 1.78. The van der Waals surface area contributed by atoms with E-state index in [4.69, 9.17) is 11.6 Å². The number of pyridine rings is 1. The monoisotopic (exact) mass is 292 g/mol. The number of halogens is 1. The minimum atomic E-state index is -0.0123. The zero-order chi connectivity index (χ0) is 13.5. The second kappa shape index (κ2) is 7.16. The van der Waals surface area contributed by atoms with Gasteiger partial charge in [0.15, 0.2) is 0 Å². The molecule has 0 bridgehead atoms. The first-order chi connectivity index (χ1) is 9.25. The molecule has 3 nitrogen and oxygen atoms in total. The summed E-state index contributed by atoms with van der Waals surface area (Å²) in [4.78, 5) is 16.6. The third-order valence-corrected chi connectivity index (χ3v) is 3.95. The minimum Gasteiger partial charge on any atom is -0.351 e. The van der Waals surface area contributed by atoms with Gasteiger partial charge in [0, 0.05) is 23.8 Å². The molecule has 2 aromatic rings. The molecule has 98 valence electrons. The Bertz CT molecular complexity index is 548. The van der Waals surface area contributed by atoms with Crippen LogP contribution in [-0.4, -0.2) is 16.6 Å². The second-order valence-electron chi connectivity index (χ2n) is 3.85. The number of aromatic nitrogens is 1. The molecule has 0 aliphatic carbocycles. The number of hydrogen-bond donors (Lipinski definition) is 1. The van der Waals surface area contributed by atoms with Gasteiger partial charge in [-0.05, 0) is 29.8 Å². The van der Waals surface area contributed by atoms with Gasteiger partial charge in [0.05, 0.1) is 10.8 Å². The molecule has 0 atom stereocenters. The van der Waals surface area contributed by atoms with Crippen LogP contribution in [0, 0.1) is 0 Å². The van der Waals surface area contributed by atoms with Crippen molar-refractivity contribution in [1.29, 1.82) is 0 Å². The summed E-state index contributed by atoms with van der Waals surface area (Å²) in [5.74, 6) is 0.344. The standard InChI is InChI=1S/C14H13ClN2OS/c15-12-3-1-2-4-13(12)19-10-14(18)17-9-11-5-7-16-8-6-11/h1-8H,9-10H2,(H,17,18). The van der Waals surface area contributed by atoms with E-state index in [9.17, 15) is 4.79 Å². The molecule has 0 aliphatic heterocycles. The first kappa shape index (κ1) is 13.9. The highest BCUT2D eigenvalue weighted by Gasteiger charge is 2.05. The average molecular weight is 293 g/mol. The van der Waals surface area contributed by atoms with Crippen molar-refractivity contribution in [2.75, 3.05) is 5.75 Å². The van der Waals surface area contributed by atoms with E-state index in [0.717, 1.165) is 10.5 Å². The van der Waals surface area contributed by atoms with Crippen LogP contribution in [0.5, 0.6) is 0 Å². The van der Waals surface area contributed by atoms with Crippen molar-refractivity contribution in [3.05, 3.63) is 59.4 Å².